The summed E-state index contributed by atoms with van der Waals surface area (Å²) in [6.45, 7) is 2.36. The van der Waals surface area contributed by atoms with Gasteiger partial charge in [0.1, 0.15) is 10.7 Å². The van der Waals surface area contributed by atoms with Crippen LogP contribution in [0.25, 0.3) is 0 Å². The lowest BCUT2D eigenvalue weighted by atomic mass is 10.3. The zero-order chi connectivity index (χ0) is 18.3. The van der Waals surface area contributed by atoms with E-state index in [0.717, 1.165) is 12.8 Å². The lowest BCUT2D eigenvalue weighted by molar-refractivity contribution is 0.245. The van der Waals surface area contributed by atoms with Gasteiger partial charge >= 0.3 is 6.03 Å². The third-order valence-corrected chi connectivity index (χ3v) is 5.01. The van der Waals surface area contributed by atoms with Crippen LogP contribution in [0.4, 0.5) is 16.3 Å². The zero-order valence-corrected chi connectivity index (χ0v) is 15.2. The van der Waals surface area contributed by atoms with E-state index in [9.17, 15) is 13.2 Å². The van der Waals surface area contributed by atoms with Crippen molar-refractivity contribution in [3.63, 3.8) is 0 Å². The summed E-state index contributed by atoms with van der Waals surface area (Å²) < 4.78 is 26.8. The summed E-state index contributed by atoms with van der Waals surface area (Å²) in [5.41, 5.74) is 0.481. The Hall–Kier alpha value is -2.32. The molecule has 2 rings (SSSR count). The molecular formula is C16H19ClN4O3S. The lowest BCUT2D eigenvalue weighted by Gasteiger charge is -2.12. The summed E-state index contributed by atoms with van der Waals surface area (Å²) in [7, 11) is -4.10. The number of halogens is 1. The molecule has 9 heteroatoms. The predicted octanol–water partition coefficient (Wildman–Crippen LogP) is 3.27. The number of amides is 2. The molecule has 0 saturated heterocycles. The largest absolute Gasteiger partial charge is 0.340 e. The third kappa shape index (κ3) is 5.61. The van der Waals surface area contributed by atoms with E-state index in [0.29, 0.717) is 18.1 Å². The zero-order valence-electron chi connectivity index (χ0n) is 13.6. The molecule has 3 N–H and O–H groups in total. The Kier molecular flexibility index (Phi) is 6.60. The third-order valence-electron chi connectivity index (χ3n) is 3.20. The van der Waals surface area contributed by atoms with E-state index in [2.05, 4.69) is 15.6 Å². The normalized spacial score (nSPS) is 11.0. The van der Waals surface area contributed by atoms with Gasteiger partial charge in [0.2, 0.25) is 0 Å². The van der Waals surface area contributed by atoms with Crippen LogP contribution in [-0.2, 0) is 10.0 Å². The van der Waals surface area contributed by atoms with Crippen LogP contribution in [0.15, 0.2) is 47.5 Å². The summed E-state index contributed by atoms with van der Waals surface area (Å²) in [5, 5.41) is 5.48. The van der Waals surface area contributed by atoms with Crippen molar-refractivity contribution in [3.05, 3.63) is 47.6 Å². The van der Waals surface area contributed by atoms with Gasteiger partial charge in [0.25, 0.3) is 10.0 Å². The van der Waals surface area contributed by atoms with Gasteiger partial charge in [-0.05, 0) is 36.8 Å². The number of anilines is 2. The number of rotatable bonds is 7. The van der Waals surface area contributed by atoms with Crippen molar-refractivity contribution in [3.8, 4) is 0 Å². The van der Waals surface area contributed by atoms with Gasteiger partial charge in [-0.1, -0.05) is 31.0 Å². The summed E-state index contributed by atoms with van der Waals surface area (Å²) in [5.74, 6) is 0.554. The molecule has 1 heterocycles. The number of pyridine rings is 1. The fourth-order valence-corrected chi connectivity index (χ4v) is 3.42. The Morgan fingerprint density at radius 1 is 1.24 bits per heavy atom. The molecule has 0 atom stereocenters. The molecule has 0 aliphatic heterocycles. The van der Waals surface area contributed by atoms with E-state index in [4.69, 9.17) is 11.6 Å². The number of nitrogens with one attached hydrogen (secondary N) is 3. The number of benzene rings is 1. The quantitative estimate of drug-likeness (QED) is 0.638. The molecule has 0 unspecified atom stereocenters. The molecule has 7 nitrogen and oxygen atoms in total. The van der Waals surface area contributed by atoms with Gasteiger partial charge in [-0.15, -0.1) is 0 Å². The van der Waals surface area contributed by atoms with Crippen molar-refractivity contribution in [2.75, 3.05) is 11.9 Å². The lowest BCUT2D eigenvalue weighted by Crippen LogP contribution is -2.39. The van der Waals surface area contributed by atoms with Crippen LogP contribution < -0.4 is 15.4 Å². The van der Waals surface area contributed by atoms with Crippen LogP contribution >= 0.6 is 11.6 Å². The maximum Gasteiger partial charge on any atom is 0.328 e. The van der Waals surface area contributed by atoms with Crippen LogP contribution in [0.1, 0.15) is 19.8 Å². The van der Waals surface area contributed by atoms with Gasteiger partial charge in [-0.25, -0.2) is 22.9 Å². The maximum atomic E-state index is 12.4. The topological polar surface area (TPSA) is 100 Å². The minimum Gasteiger partial charge on any atom is -0.340 e. The van der Waals surface area contributed by atoms with Crippen molar-refractivity contribution in [1.29, 1.82) is 0 Å². The fraction of sp³-hybridized carbons (Fsp3) is 0.250. The van der Waals surface area contributed by atoms with Crippen LogP contribution in [0.2, 0.25) is 5.02 Å². The van der Waals surface area contributed by atoms with Crippen LogP contribution in [0.5, 0.6) is 0 Å². The van der Waals surface area contributed by atoms with Gasteiger partial charge < -0.3 is 10.6 Å². The van der Waals surface area contributed by atoms with E-state index < -0.39 is 16.1 Å². The van der Waals surface area contributed by atoms with E-state index in [1.807, 2.05) is 11.6 Å². The Labute approximate surface area is 151 Å². The number of carbonyl (C=O) groups is 1. The molecular weight excluding hydrogens is 364 g/mol. The second-order valence-electron chi connectivity index (χ2n) is 5.20. The molecule has 2 amide bonds. The first kappa shape index (κ1) is 19.0. The highest BCUT2D eigenvalue weighted by atomic mass is 35.5. The van der Waals surface area contributed by atoms with Gasteiger partial charge in [0.05, 0.1) is 5.02 Å². The van der Waals surface area contributed by atoms with Crippen molar-refractivity contribution >= 4 is 39.2 Å². The number of urea groups is 1. The van der Waals surface area contributed by atoms with Gasteiger partial charge in [-0.3, -0.25) is 0 Å². The highest BCUT2D eigenvalue weighted by Gasteiger charge is 2.21. The molecule has 1 aromatic heterocycles. The van der Waals surface area contributed by atoms with E-state index in [-0.39, 0.29) is 9.92 Å². The Bertz CT molecular complexity index is 829. The molecule has 1 aromatic carbocycles. The van der Waals surface area contributed by atoms with E-state index in [1.165, 1.54) is 12.1 Å². The second kappa shape index (κ2) is 8.68. The van der Waals surface area contributed by atoms with E-state index in [1.54, 1.807) is 30.5 Å². The highest BCUT2D eigenvalue weighted by molar-refractivity contribution is 7.90. The molecule has 0 radical (unpaired) electrons. The molecule has 0 saturated carbocycles. The summed E-state index contributed by atoms with van der Waals surface area (Å²) >= 11 is 6.00. The van der Waals surface area contributed by atoms with Gasteiger partial charge in [0, 0.05) is 18.4 Å². The van der Waals surface area contributed by atoms with Crippen molar-refractivity contribution < 1.29 is 13.2 Å². The molecule has 134 valence electrons. The first-order valence-electron chi connectivity index (χ1n) is 7.70. The number of carbonyl (C=O) groups excluding carboxylic acids is 1. The van der Waals surface area contributed by atoms with Gasteiger partial charge in [0.15, 0.2) is 0 Å². The smallest absolute Gasteiger partial charge is 0.328 e. The maximum absolute atomic E-state index is 12.4. The summed E-state index contributed by atoms with van der Waals surface area (Å²) in [6.07, 6.45) is 3.26. The fourth-order valence-electron chi connectivity index (χ4n) is 1.96. The van der Waals surface area contributed by atoms with Crippen LogP contribution in [0, 0.1) is 0 Å². The number of sulfonamides is 1. The number of hydrogen-bond donors (Lipinski definition) is 3. The summed E-state index contributed by atoms with van der Waals surface area (Å²) in [4.78, 5) is 15.6. The molecule has 0 aliphatic carbocycles. The Balaban J connectivity index is 2.16. The van der Waals surface area contributed by atoms with Crippen molar-refractivity contribution in [2.24, 2.45) is 0 Å². The number of nitrogens with zero attached hydrogens (tertiary/aromatic N) is 1. The monoisotopic (exact) mass is 382 g/mol. The Morgan fingerprint density at radius 3 is 2.72 bits per heavy atom. The molecule has 0 bridgehead atoms. The second-order valence-corrected chi connectivity index (χ2v) is 7.26. The first-order chi connectivity index (χ1) is 11.9. The predicted molar refractivity (Wildman–Crippen MR) is 97.6 cm³/mol. The number of hydrogen-bond acceptors (Lipinski definition) is 5. The van der Waals surface area contributed by atoms with Crippen LogP contribution in [0.3, 0.4) is 0 Å². The number of unbranched alkanes of at least 4 members (excludes halogenated alkanes) is 1. The molecule has 0 spiro atoms. The first-order valence-corrected chi connectivity index (χ1v) is 9.56. The molecule has 0 aliphatic rings. The van der Waals surface area contributed by atoms with Crippen molar-refractivity contribution in [1.82, 2.24) is 15.0 Å². The van der Waals surface area contributed by atoms with Gasteiger partial charge in [-0.2, -0.15) is 0 Å². The highest BCUT2D eigenvalue weighted by Crippen LogP contribution is 2.26. The minimum atomic E-state index is -4.10. The summed E-state index contributed by atoms with van der Waals surface area (Å²) in [6, 6.07) is 8.93. The molecule has 0 fully saturated rings. The average Bonchev–Trinajstić information content (AvgIpc) is 2.57. The number of aromatic nitrogens is 1. The molecule has 2 aromatic rings. The molecule has 25 heavy (non-hydrogen) atoms. The Morgan fingerprint density at radius 2 is 2.04 bits per heavy atom. The van der Waals surface area contributed by atoms with E-state index >= 15 is 0 Å². The van der Waals surface area contributed by atoms with Crippen molar-refractivity contribution in [2.45, 2.75) is 24.7 Å². The average molecular weight is 383 g/mol. The SMILES string of the molecule is CCCCNC(=O)NS(=O)(=O)c1cc(Nc2ccccn2)ccc1Cl. The minimum absolute atomic E-state index is 0.0143. The standard InChI is InChI=1S/C16H19ClN4O3S/c1-2-3-9-19-16(22)21-25(23,24)14-11-12(7-8-13(14)17)20-15-6-4-5-10-18-15/h4-8,10-11H,2-3,9H2,1H3,(H,18,20)(H2,19,21,22). The van der Waals surface area contributed by atoms with Crippen LogP contribution in [-0.4, -0.2) is 26.0 Å².